The Hall–Kier alpha value is -1.62. The third kappa shape index (κ3) is 3.53. The molecule has 5 nitrogen and oxygen atoms in total. The largest absolute Gasteiger partial charge is 0.356 e. The molecule has 0 spiro atoms. The first-order chi connectivity index (χ1) is 10.3. The summed E-state index contributed by atoms with van der Waals surface area (Å²) >= 11 is 0. The maximum atomic E-state index is 12.5. The molecule has 3 rings (SSSR count). The Kier molecular flexibility index (Phi) is 4.70. The van der Waals surface area contributed by atoms with E-state index >= 15 is 0 Å². The van der Waals surface area contributed by atoms with Crippen LogP contribution in [0.3, 0.4) is 0 Å². The number of anilines is 1. The molecule has 0 saturated carbocycles. The minimum absolute atomic E-state index is 0.00979. The van der Waals surface area contributed by atoms with Gasteiger partial charge >= 0.3 is 0 Å². The lowest BCUT2D eigenvalue weighted by molar-refractivity contribution is 0.0945. The van der Waals surface area contributed by atoms with Gasteiger partial charge in [0, 0.05) is 25.8 Å². The van der Waals surface area contributed by atoms with Crippen molar-refractivity contribution in [3.8, 4) is 0 Å². The molecule has 0 aromatic carbocycles. The number of hydrogen-bond donors (Lipinski definition) is 2. The van der Waals surface area contributed by atoms with Crippen molar-refractivity contribution in [1.29, 1.82) is 0 Å². The van der Waals surface area contributed by atoms with Crippen molar-refractivity contribution >= 4 is 11.7 Å². The standard InChI is InChI=1S/C16H24N4O/c21-16(19-12-13-5-3-7-17-11-13)14-6-4-8-18-15(14)20-9-1-2-10-20/h4,6,8,13,17H,1-3,5,7,9-12H2,(H,19,21). The zero-order chi connectivity index (χ0) is 14.5. The van der Waals surface area contributed by atoms with Gasteiger partial charge in [-0.25, -0.2) is 4.98 Å². The van der Waals surface area contributed by atoms with Gasteiger partial charge in [0.2, 0.25) is 0 Å². The SMILES string of the molecule is O=C(NCC1CCCNC1)c1cccnc1N1CCCC1. The van der Waals surface area contributed by atoms with Crippen LogP contribution in [-0.4, -0.2) is 43.6 Å². The monoisotopic (exact) mass is 288 g/mol. The fourth-order valence-corrected chi connectivity index (χ4v) is 3.19. The number of carbonyl (C=O) groups is 1. The van der Waals surface area contributed by atoms with Crippen LogP contribution in [0.15, 0.2) is 18.3 Å². The molecule has 2 N–H and O–H groups in total. The molecular weight excluding hydrogens is 264 g/mol. The number of aromatic nitrogens is 1. The molecule has 5 heteroatoms. The predicted molar refractivity (Wildman–Crippen MR) is 83.6 cm³/mol. The summed E-state index contributed by atoms with van der Waals surface area (Å²) in [7, 11) is 0. The van der Waals surface area contributed by atoms with E-state index in [2.05, 4.69) is 20.5 Å². The zero-order valence-electron chi connectivity index (χ0n) is 12.5. The summed E-state index contributed by atoms with van der Waals surface area (Å²) < 4.78 is 0. The van der Waals surface area contributed by atoms with E-state index in [-0.39, 0.29) is 5.91 Å². The Labute approximate surface area is 126 Å². The molecule has 0 bridgehead atoms. The maximum absolute atomic E-state index is 12.5. The highest BCUT2D eigenvalue weighted by atomic mass is 16.1. The van der Waals surface area contributed by atoms with E-state index in [4.69, 9.17) is 0 Å². The number of carbonyl (C=O) groups excluding carboxylic acids is 1. The fraction of sp³-hybridized carbons (Fsp3) is 0.625. The van der Waals surface area contributed by atoms with Crippen LogP contribution in [0.1, 0.15) is 36.0 Å². The summed E-state index contributed by atoms with van der Waals surface area (Å²) in [6.45, 7) is 4.87. The van der Waals surface area contributed by atoms with Crippen LogP contribution in [-0.2, 0) is 0 Å². The number of pyridine rings is 1. The van der Waals surface area contributed by atoms with Gasteiger partial charge in [-0.15, -0.1) is 0 Å². The van der Waals surface area contributed by atoms with E-state index in [1.165, 1.54) is 25.7 Å². The second-order valence-corrected chi connectivity index (χ2v) is 5.99. The number of amides is 1. The van der Waals surface area contributed by atoms with Gasteiger partial charge in [0.25, 0.3) is 5.91 Å². The van der Waals surface area contributed by atoms with Crippen LogP contribution in [0.5, 0.6) is 0 Å². The van der Waals surface area contributed by atoms with E-state index in [9.17, 15) is 4.79 Å². The van der Waals surface area contributed by atoms with Gasteiger partial charge in [-0.05, 0) is 56.8 Å². The number of nitrogens with one attached hydrogen (secondary N) is 2. The van der Waals surface area contributed by atoms with E-state index in [0.29, 0.717) is 11.5 Å². The average Bonchev–Trinajstić information content (AvgIpc) is 3.08. The lowest BCUT2D eigenvalue weighted by Gasteiger charge is -2.23. The van der Waals surface area contributed by atoms with Crippen molar-refractivity contribution in [2.24, 2.45) is 5.92 Å². The van der Waals surface area contributed by atoms with Crippen LogP contribution in [0.25, 0.3) is 0 Å². The van der Waals surface area contributed by atoms with Crippen LogP contribution >= 0.6 is 0 Å². The summed E-state index contributed by atoms with van der Waals surface area (Å²) in [5, 5.41) is 6.47. The highest BCUT2D eigenvalue weighted by molar-refractivity contribution is 5.98. The molecule has 0 radical (unpaired) electrons. The molecule has 114 valence electrons. The molecule has 1 unspecified atom stereocenters. The van der Waals surface area contributed by atoms with Crippen molar-refractivity contribution < 1.29 is 4.79 Å². The van der Waals surface area contributed by atoms with Crippen LogP contribution < -0.4 is 15.5 Å². The number of hydrogen-bond acceptors (Lipinski definition) is 4. The van der Waals surface area contributed by atoms with Crippen molar-refractivity contribution in [2.45, 2.75) is 25.7 Å². The van der Waals surface area contributed by atoms with Gasteiger partial charge in [0.15, 0.2) is 0 Å². The van der Waals surface area contributed by atoms with Gasteiger partial charge in [0.05, 0.1) is 5.56 Å². The van der Waals surface area contributed by atoms with Gasteiger partial charge in [-0.1, -0.05) is 0 Å². The second kappa shape index (κ2) is 6.89. The minimum Gasteiger partial charge on any atom is -0.356 e. The van der Waals surface area contributed by atoms with Gasteiger partial charge < -0.3 is 15.5 Å². The Balaban J connectivity index is 1.63. The van der Waals surface area contributed by atoms with Crippen molar-refractivity contribution in [1.82, 2.24) is 15.6 Å². The fourth-order valence-electron chi connectivity index (χ4n) is 3.19. The number of piperidine rings is 1. The lowest BCUT2D eigenvalue weighted by atomic mass is 10.00. The Morgan fingerprint density at radius 1 is 1.38 bits per heavy atom. The molecule has 1 aromatic rings. The quantitative estimate of drug-likeness (QED) is 0.879. The van der Waals surface area contributed by atoms with Gasteiger partial charge in [-0.2, -0.15) is 0 Å². The molecule has 2 aliphatic rings. The molecule has 0 aliphatic carbocycles. The molecule has 21 heavy (non-hydrogen) atoms. The van der Waals surface area contributed by atoms with Gasteiger partial charge in [-0.3, -0.25) is 4.79 Å². The van der Waals surface area contributed by atoms with E-state index in [1.807, 2.05) is 12.1 Å². The third-order valence-corrected chi connectivity index (χ3v) is 4.39. The summed E-state index contributed by atoms with van der Waals surface area (Å²) in [5.41, 5.74) is 0.711. The molecule has 2 saturated heterocycles. The highest BCUT2D eigenvalue weighted by Crippen LogP contribution is 2.21. The molecule has 1 amide bonds. The molecule has 1 aromatic heterocycles. The zero-order valence-corrected chi connectivity index (χ0v) is 12.5. The number of rotatable bonds is 4. The Morgan fingerprint density at radius 3 is 3.00 bits per heavy atom. The maximum Gasteiger partial charge on any atom is 0.255 e. The van der Waals surface area contributed by atoms with Crippen LogP contribution in [0, 0.1) is 5.92 Å². The van der Waals surface area contributed by atoms with E-state index in [1.54, 1.807) is 6.20 Å². The minimum atomic E-state index is 0.00979. The summed E-state index contributed by atoms with van der Waals surface area (Å²) in [6.07, 6.45) is 6.54. The second-order valence-electron chi connectivity index (χ2n) is 5.99. The molecular formula is C16H24N4O. The summed E-state index contributed by atoms with van der Waals surface area (Å²) in [4.78, 5) is 19.1. The molecule has 2 fully saturated rings. The Bertz CT molecular complexity index is 479. The average molecular weight is 288 g/mol. The lowest BCUT2D eigenvalue weighted by Crippen LogP contribution is -2.38. The first kappa shape index (κ1) is 14.3. The van der Waals surface area contributed by atoms with Crippen molar-refractivity contribution in [3.63, 3.8) is 0 Å². The normalized spacial score (nSPS) is 22.3. The van der Waals surface area contributed by atoms with Crippen molar-refractivity contribution in [2.75, 3.05) is 37.6 Å². The van der Waals surface area contributed by atoms with Crippen LogP contribution in [0.2, 0.25) is 0 Å². The first-order valence-electron chi connectivity index (χ1n) is 8.03. The number of nitrogens with zero attached hydrogens (tertiary/aromatic N) is 2. The topological polar surface area (TPSA) is 57.3 Å². The third-order valence-electron chi connectivity index (χ3n) is 4.39. The predicted octanol–water partition coefficient (Wildman–Crippen LogP) is 1.41. The highest BCUT2D eigenvalue weighted by Gasteiger charge is 2.21. The van der Waals surface area contributed by atoms with E-state index < -0.39 is 0 Å². The van der Waals surface area contributed by atoms with Gasteiger partial charge in [0.1, 0.15) is 5.82 Å². The first-order valence-corrected chi connectivity index (χ1v) is 8.03. The molecule has 2 aliphatic heterocycles. The smallest absolute Gasteiger partial charge is 0.255 e. The Morgan fingerprint density at radius 2 is 2.24 bits per heavy atom. The van der Waals surface area contributed by atoms with E-state index in [0.717, 1.165) is 38.5 Å². The van der Waals surface area contributed by atoms with Crippen molar-refractivity contribution in [3.05, 3.63) is 23.9 Å². The molecule has 1 atom stereocenters. The molecule has 3 heterocycles. The summed E-state index contributed by atoms with van der Waals surface area (Å²) in [5.74, 6) is 1.40. The van der Waals surface area contributed by atoms with Crippen LogP contribution in [0.4, 0.5) is 5.82 Å². The summed E-state index contributed by atoms with van der Waals surface area (Å²) in [6, 6.07) is 3.73.